The van der Waals surface area contributed by atoms with Gasteiger partial charge in [0, 0.05) is 19.5 Å². The first kappa shape index (κ1) is 17.5. The minimum absolute atomic E-state index is 0.161. The number of hydrogen-bond acceptors (Lipinski definition) is 5. The Morgan fingerprint density at radius 3 is 2.39 bits per heavy atom. The van der Waals surface area contributed by atoms with Crippen molar-refractivity contribution in [2.45, 2.75) is 13.3 Å². The Kier molecular flexibility index (Phi) is 6.20. The number of nitrogens with zero attached hydrogens (tertiary/aromatic N) is 2. The molecule has 2 aromatic rings. The topological polar surface area (TPSA) is 73.7 Å². The Morgan fingerprint density at radius 2 is 1.83 bits per heavy atom. The Balaban J connectivity index is 2.16. The van der Waals surface area contributed by atoms with Crippen LogP contribution < -0.4 is 0 Å². The first-order valence-corrected chi connectivity index (χ1v) is 8.08. The van der Waals surface area contributed by atoms with E-state index in [1.165, 1.54) is 28.4 Å². The number of halogens is 1. The number of thiazole rings is 1. The highest BCUT2D eigenvalue weighted by Crippen LogP contribution is 2.22. The summed E-state index contributed by atoms with van der Waals surface area (Å²) < 4.78 is 12.9. The standard InChI is InChI=1S/C16H19FN2O3S/c1-11-15(16(22)19(6-8-20)7-9-21)23-14(18-11)10-12-2-4-13(17)5-3-12/h2-5,20-21H,6-10H2,1H3. The van der Waals surface area contributed by atoms with Crippen molar-refractivity contribution >= 4 is 17.2 Å². The fraction of sp³-hybridized carbons (Fsp3) is 0.375. The number of amides is 1. The quantitative estimate of drug-likeness (QED) is 0.804. The molecule has 0 aliphatic heterocycles. The molecule has 0 fully saturated rings. The largest absolute Gasteiger partial charge is 0.395 e. The molecule has 1 aromatic carbocycles. The molecule has 0 spiro atoms. The average molecular weight is 338 g/mol. The fourth-order valence-corrected chi connectivity index (χ4v) is 3.27. The molecule has 0 aliphatic carbocycles. The van der Waals surface area contributed by atoms with E-state index in [-0.39, 0.29) is 38.0 Å². The molecule has 124 valence electrons. The number of benzene rings is 1. The van der Waals surface area contributed by atoms with Crippen molar-refractivity contribution in [2.24, 2.45) is 0 Å². The van der Waals surface area contributed by atoms with Crippen molar-refractivity contribution in [3.8, 4) is 0 Å². The number of hydrogen-bond donors (Lipinski definition) is 2. The molecule has 0 atom stereocenters. The van der Waals surface area contributed by atoms with Gasteiger partial charge in [0.1, 0.15) is 10.7 Å². The van der Waals surface area contributed by atoms with Crippen LogP contribution in [-0.2, 0) is 6.42 Å². The normalized spacial score (nSPS) is 10.8. The van der Waals surface area contributed by atoms with Crippen LogP contribution in [0.2, 0.25) is 0 Å². The fourth-order valence-electron chi connectivity index (χ4n) is 2.20. The van der Waals surface area contributed by atoms with Crippen molar-refractivity contribution in [3.05, 3.63) is 51.2 Å². The summed E-state index contributed by atoms with van der Waals surface area (Å²) in [6, 6.07) is 6.17. The predicted molar refractivity (Wildman–Crippen MR) is 86.1 cm³/mol. The summed E-state index contributed by atoms with van der Waals surface area (Å²) in [7, 11) is 0. The molecule has 5 nitrogen and oxygen atoms in total. The molecule has 2 rings (SSSR count). The van der Waals surface area contributed by atoms with E-state index in [4.69, 9.17) is 10.2 Å². The molecule has 23 heavy (non-hydrogen) atoms. The zero-order chi connectivity index (χ0) is 16.8. The van der Waals surface area contributed by atoms with Gasteiger partial charge in [-0.05, 0) is 24.6 Å². The van der Waals surface area contributed by atoms with E-state index in [1.807, 2.05) is 0 Å². The van der Waals surface area contributed by atoms with Gasteiger partial charge in [-0.2, -0.15) is 0 Å². The number of aromatic nitrogens is 1. The van der Waals surface area contributed by atoms with Gasteiger partial charge in [0.15, 0.2) is 0 Å². The zero-order valence-electron chi connectivity index (χ0n) is 12.8. The first-order chi connectivity index (χ1) is 11.0. The number of aliphatic hydroxyl groups excluding tert-OH is 2. The van der Waals surface area contributed by atoms with Crippen LogP contribution in [0.4, 0.5) is 4.39 Å². The lowest BCUT2D eigenvalue weighted by molar-refractivity contribution is 0.0688. The monoisotopic (exact) mass is 338 g/mol. The first-order valence-electron chi connectivity index (χ1n) is 7.27. The maximum absolute atomic E-state index is 12.9. The molecule has 0 radical (unpaired) electrons. The van der Waals surface area contributed by atoms with Crippen LogP contribution in [0.5, 0.6) is 0 Å². The summed E-state index contributed by atoms with van der Waals surface area (Å²) in [5.74, 6) is -0.531. The summed E-state index contributed by atoms with van der Waals surface area (Å²) >= 11 is 1.29. The van der Waals surface area contributed by atoms with Crippen LogP contribution in [0.1, 0.15) is 25.9 Å². The van der Waals surface area contributed by atoms with Crippen molar-refractivity contribution in [3.63, 3.8) is 0 Å². The third-order valence-corrected chi connectivity index (χ3v) is 4.48. The summed E-state index contributed by atoms with van der Waals surface area (Å²) in [6.45, 7) is 1.78. The lowest BCUT2D eigenvalue weighted by Gasteiger charge is -2.19. The van der Waals surface area contributed by atoms with Crippen LogP contribution in [0, 0.1) is 12.7 Å². The molecule has 2 N–H and O–H groups in total. The van der Waals surface area contributed by atoms with Gasteiger partial charge in [-0.1, -0.05) is 12.1 Å². The molecule has 1 amide bonds. The molecular formula is C16H19FN2O3S. The Labute approximate surface area is 138 Å². The number of aliphatic hydroxyl groups is 2. The highest BCUT2D eigenvalue weighted by molar-refractivity contribution is 7.13. The lowest BCUT2D eigenvalue weighted by atomic mass is 10.1. The van der Waals surface area contributed by atoms with Gasteiger partial charge in [-0.25, -0.2) is 9.37 Å². The van der Waals surface area contributed by atoms with Crippen LogP contribution in [0.15, 0.2) is 24.3 Å². The van der Waals surface area contributed by atoms with Gasteiger partial charge >= 0.3 is 0 Å². The molecule has 0 bridgehead atoms. The highest BCUT2D eigenvalue weighted by atomic mass is 32.1. The van der Waals surface area contributed by atoms with E-state index < -0.39 is 0 Å². The minimum atomic E-state index is -0.288. The van der Waals surface area contributed by atoms with Crippen molar-refractivity contribution in [1.29, 1.82) is 0 Å². The molecule has 1 aromatic heterocycles. The highest BCUT2D eigenvalue weighted by Gasteiger charge is 2.21. The second-order valence-corrected chi connectivity index (χ2v) is 6.15. The second-order valence-electron chi connectivity index (χ2n) is 5.06. The van der Waals surface area contributed by atoms with Gasteiger partial charge in [0.25, 0.3) is 5.91 Å². The molecule has 1 heterocycles. The molecule has 0 unspecified atom stereocenters. The number of carbonyl (C=O) groups is 1. The Morgan fingerprint density at radius 1 is 1.22 bits per heavy atom. The third-order valence-electron chi connectivity index (χ3n) is 3.33. The van der Waals surface area contributed by atoms with E-state index in [9.17, 15) is 9.18 Å². The summed E-state index contributed by atoms with van der Waals surface area (Å²) in [5, 5.41) is 18.8. The van der Waals surface area contributed by atoms with Gasteiger partial charge in [0.05, 0.1) is 23.9 Å². The van der Waals surface area contributed by atoms with Crippen molar-refractivity contribution < 1.29 is 19.4 Å². The van der Waals surface area contributed by atoms with E-state index in [0.717, 1.165) is 10.6 Å². The average Bonchev–Trinajstić information content (AvgIpc) is 2.89. The van der Waals surface area contributed by atoms with Crippen molar-refractivity contribution in [1.82, 2.24) is 9.88 Å². The van der Waals surface area contributed by atoms with Crippen LogP contribution in [0.25, 0.3) is 0 Å². The van der Waals surface area contributed by atoms with Gasteiger partial charge in [-0.15, -0.1) is 11.3 Å². The van der Waals surface area contributed by atoms with Crippen LogP contribution in [0.3, 0.4) is 0 Å². The van der Waals surface area contributed by atoms with Crippen LogP contribution >= 0.6 is 11.3 Å². The zero-order valence-corrected chi connectivity index (χ0v) is 13.6. The Bertz CT molecular complexity index is 652. The van der Waals surface area contributed by atoms with E-state index >= 15 is 0 Å². The summed E-state index contributed by atoms with van der Waals surface area (Å²) in [5.41, 5.74) is 1.54. The summed E-state index contributed by atoms with van der Waals surface area (Å²) in [4.78, 5) is 18.8. The number of rotatable bonds is 7. The van der Waals surface area contributed by atoms with Crippen molar-refractivity contribution in [2.75, 3.05) is 26.3 Å². The molecule has 0 saturated heterocycles. The number of aryl methyl sites for hydroxylation is 1. The predicted octanol–water partition coefficient (Wildman–Crippen LogP) is 1.61. The maximum atomic E-state index is 12.9. The molecule has 0 aliphatic rings. The number of carbonyl (C=O) groups excluding carboxylic acids is 1. The van der Waals surface area contributed by atoms with Crippen LogP contribution in [-0.4, -0.2) is 52.3 Å². The molecule has 7 heteroatoms. The summed E-state index contributed by atoms with van der Waals surface area (Å²) in [6.07, 6.45) is 0.527. The van der Waals surface area contributed by atoms with Gasteiger partial charge in [0.2, 0.25) is 0 Å². The Hall–Kier alpha value is -1.83. The van der Waals surface area contributed by atoms with E-state index in [0.29, 0.717) is 17.0 Å². The van der Waals surface area contributed by atoms with E-state index in [1.54, 1.807) is 19.1 Å². The van der Waals surface area contributed by atoms with Gasteiger partial charge < -0.3 is 15.1 Å². The third kappa shape index (κ3) is 4.57. The molecule has 0 saturated carbocycles. The maximum Gasteiger partial charge on any atom is 0.266 e. The van der Waals surface area contributed by atoms with E-state index in [2.05, 4.69) is 4.98 Å². The SMILES string of the molecule is Cc1nc(Cc2ccc(F)cc2)sc1C(=O)N(CCO)CCO. The second kappa shape index (κ2) is 8.14. The lowest BCUT2D eigenvalue weighted by Crippen LogP contribution is -2.35. The van der Waals surface area contributed by atoms with Gasteiger partial charge in [-0.3, -0.25) is 4.79 Å². The smallest absolute Gasteiger partial charge is 0.266 e. The minimum Gasteiger partial charge on any atom is -0.395 e. The molecular weight excluding hydrogens is 319 g/mol.